The molecule has 1 aromatic carbocycles. The number of rotatable bonds is 6. The first-order valence-electron chi connectivity index (χ1n) is 7.01. The monoisotopic (exact) mass is 324 g/mol. The lowest BCUT2D eigenvalue weighted by Gasteiger charge is -2.13. The molecule has 0 aliphatic heterocycles. The second-order valence-corrected chi connectivity index (χ2v) is 6.85. The second-order valence-electron chi connectivity index (χ2n) is 5.43. The molecule has 0 bridgehead atoms. The highest BCUT2D eigenvalue weighted by molar-refractivity contribution is 7.99. The van der Waals surface area contributed by atoms with Crippen LogP contribution in [0.25, 0.3) is 0 Å². The number of halogens is 1. The molecule has 0 atom stereocenters. The van der Waals surface area contributed by atoms with E-state index in [-0.39, 0.29) is 0 Å². The highest BCUT2D eigenvalue weighted by atomic mass is 35.5. The van der Waals surface area contributed by atoms with Crippen LogP contribution < -0.4 is 5.32 Å². The summed E-state index contributed by atoms with van der Waals surface area (Å²) >= 11 is 7.96. The molecule has 0 aliphatic rings. The molecule has 0 saturated heterocycles. The van der Waals surface area contributed by atoms with Crippen LogP contribution in [0, 0.1) is 12.8 Å². The number of aromatic nitrogens is 3. The molecule has 0 unspecified atom stereocenters. The third kappa shape index (κ3) is 4.22. The fourth-order valence-electron chi connectivity index (χ4n) is 1.87. The van der Waals surface area contributed by atoms with Crippen LogP contribution in [0.4, 0.5) is 0 Å². The Kier molecular flexibility index (Phi) is 5.67. The minimum atomic E-state index is 0.616. The van der Waals surface area contributed by atoms with Gasteiger partial charge in [0.1, 0.15) is 5.82 Å². The second kappa shape index (κ2) is 7.29. The maximum absolute atomic E-state index is 6.36. The van der Waals surface area contributed by atoms with Gasteiger partial charge in [0.15, 0.2) is 5.16 Å². The van der Waals surface area contributed by atoms with E-state index in [9.17, 15) is 0 Å². The molecule has 4 nitrogen and oxygen atoms in total. The fraction of sp³-hybridized carbons (Fsp3) is 0.467. The van der Waals surface area contributed by atoms with Gasteiger partial charge in [-0.25, -0.2) is 0 Å². The van der Waals surface area contributed by atoms with Gasteiger partial charge < -0.3 is 9.88 Å². The van der Waals surface area contributed by atoms with Crippen LogP contribution in [0.15, 0.2) is 28.3 Å². The molecule has 0 saturated carbocycles. The molecule has 21 heavy (non-hydrogen) atoms. The zero-order valence-electron chi connectivity index (χ0n) is 12.9. The molecule has 0 aliphatic carbocycles. The average molecular weight is 325 g/mol. The zero-order chi connectivity index (χ0) is 15.4. The van der Waals surface area contributed by atoms with Gasteiger partial charge in [-0.05, 0) is 48.8 Å². The van der Waals surface area contributed by atoms with Crippen LogP contribution in [0.1, 0.15) is 25.2 Å². The van der Waals surface area contributed by atoms with Crippen molar-refractivity contribution in [2.24, 2.45) is 13.0 Å². The zero-order valence-corrected chi connectivity index (χ0v) is 14.4. The predicted molar refractivity (Wildman–Crippen MR) is 87.9 cm³/mol. The summed E-state index contributed by atoms with van der Waals surface area (Å²) in [4.78, 5) is 1.12. The Balaban J connectivity index is 2.19. The van der Waals surface area contributed by atoms with Crippen molar-refractivity contribution in [3.63, 3.8) is 0 Å². The molecule has 2 rings (SSSR count). The maximum Gasteiger partial charge on any atom is 0.195 e. The summed E-state index contributed by atoms with van der Waals surface area (Å²) in [5.41, 5.74) is 1.12. The minimum Gasteiger partial charge on any atom is -0.312 e. The number of hydrogen-bond acceptors (Lipinski definition) is 4. The van der Waals surface area contributed by atoms with Gasteiger partial charge in [0, 0.05) is 23.5 Å². The van der Waals surface area contributed by atoms with Crippen LogP contribution in [0.2, 0.25) is 5.02 Å². The van der Waals surface area contributed by atoms with Crippen molar-refractivity contribution in [3.8, 4) is 0 Å². The van der Waals surface area contributed by atoms with Gasteiger partial charge in [0.2, 0.25) is 0 Å². The molecule has 0 amide bonds. The highest BCUT2D eigenvalue weighted by Crippen LogP contribution is 2.32. The smallest absolute Gasteiger partial charge is 0.195 e. The summed E-state index contributed by atoms with van der Waals surface area (Å²) in [6, 6.07) is 5.98. The lowest BCUT2D eigenvalue weighted by molar-refractivity contribution is 0.550. The number of aryl methyl sites for hydroxylation is 1. The number of hydrogen-bond donors (Lipinski definition) is 1. The molecule has 6 heteroatoms. The first kappa shape index (κ1) is 16.3. The Hall–Kier alpha value is -1.04. The van der Waals surface area contributed by atoms with Gasteiger partial charge in [-0.15, -0.1) is 10.2 Å². The van der Waals surface area contributed by atoms with Crippen molar-refractivity contribution in [3.05, 3.63) is 34.6 Å². The molecule has 2 aromatic rings. The third-order valence-electron chi connectivity index (χ3n) is 3.18. The van der Waals surface area contributed by atoms with E-state index in [1.165, 1.54) is 0 Å². The van der Waals surface area contributed by atoms with Crippen LogP contribution in [-0.4, -0.2) is 21.3 Å². The molecule has 1 N–H and O–H groups in total. The average Bonchev–Trinajstić information content (AvgIpc) is 2.73. The van der Waals surface area contributed by atoms with E-state index in [1.54, 1.807) is 11.8 Å². The normalized spacial score (nSPS) is 11.3. The summed E-state index contributed by atoms with van der Waals surface area (Å²) in [6.45, 7) is 8.06. The third-order valence-corrected chi connectivity index (χ3v) is 4.68. The lowest BCUT2D eigenvalue weighted by atomic mass is 10.2. The Morgan fingerprint density at radius 3 is 2.71 bits per heavy atom. The van der Waals surface area contributed by atoms with Gasteiger partial charge in [0.05, 0.1) is 0 Å². The molecule has 0 fully saturated rings. The number of nitrogens with zero attached hydrogens (tertiary/aromatic N) is 3. The van der Waals surface area contributed by atoms with Crippen molar-refractivity contribution >= 4 is 23.4 Å². The minimum absolute atomic E-state index is 0.616. The van der Waals surface area contributed by atoms with E-state index >= 15 is 0 Å². The van der Waals surface area contributed by atoms with Crippen molar-refractivity contribution in [1.82, 2.24) is 20.1 Å². The maximum atomic E-state index is 6.36. The van der Waals surface area contributed by atoms with Crippen LogP contribution in [0.5, 0.6) is 0 Å². The lowest BCUT2D eigenvalue weighted by Crippen LogP contribution is -2.19. The molecule has 1 heterocycles. The Morgan fingerprint density at radius 1 is 1.33 bits per heavy atom. The first-order valence-corrected chi connectivity index (χ1v) is 8.20. The summed E-state index contributed by atoms with van der Waals surface area (Å²) < 4.78 is 1.98. The standard InChI is InChI=1S/C15H21ClN4S/c1-10(2)8-17-9-12-13(16)6-5-7-14(12)21-15-19-18-11(3)20(15)4/h5-7,10,17H,8-9H2,1-4H3. The largest absolute Gasteiger partial charge is 0.312 e. The molecular weight excluding hydrogens is 304 g/mol. The van der Waals surface area contributed by atoms with E-state index in [0.717, 1.165) is 39.6 Å². The van der Waals surface area contributed by atoms with E-state index in [0.29, 0.717) is 5.92 Å². The van der Waals surface area contributed by atoms with Gasteiger partial charge in [-0.3, -0.25) is 0 Å². The summed E-state index contributed by atoms with van der Waals surface area (Å²) in [6.07, 6.45) is 0. The van der Waals surface area contributed by atoms with Crippen LogP contribution in [-0.2, 0) is 13.6 Å². The fourth-order valence-corrected chi connectivity index (χ4v) is 3.16. The summed E-state index contributed by atoms with van der Waals surface area (Å²) in [5, 5.41) is 13.4. The summed E-state index contributed by atoms with van der Waals surface area (Å²) in [5.74, 6) is 1.52. The van der Waals surface area contributed by atoms with Crippen molar-refractivity contribution < 1.29 is 0 Å². The highest BCUT2D eigenvalue weighted by Gasteiger charge is 2.12. The van der Waals surface area contributed by atoms with E-state index in [2.05, 4.69) is 35.4 Å². The van der Waals surface area contributed by atoms with Crippen molar-refractivity contribution in [2.75, 3.05) is 6.54 Å². The van der Waals surface area contributed by atoms with Crippen LogP contribution >= 0.6 is 23.4 Å². The van der Waals surface area contributed by atoms with E-state index < -0.39 is 0 Å². The first-order chi connectivity index (χ1) is 9.99. The molecule has 0 spiro atoms. The number of benzene rings is 1. The van der Waals surface area contributed by atoms with Gasteiger partial charge in [-0.1, -0.05) is 31.5 Å². The van der Waals surface area contributed by atoms with E-state index in [4.69, 9.17) is 11.6 Å². The molecule has 1 aromatic heterocycles. The molecule has 114 valence electrons. The van der Waals surface area contributed by atoms with E-state index in [1.807, 2.05) is 30.7 Å². The summed E-state index contributed by atoms with van der Waals surface area (Å²) in [7, 11) is 1.97. The van der Waals surface area contributed by atoms with Gasteiger partial charge in [0.25, 0.3) is 0 Å². The van der Waals surface area contributed by atoms with Crippen LogP contribution in [0.3, 0.4) is 0 Å². The van der Waals surface area contributed by atoms with Gasteiger partial charge >= 0.3 is 0 Å². The van der Waals surface area contributed by atoms with Crippen molar-refractivity contribution in [2.45, 2.75) is 37.4 Å². The predicted octanol–water partition coefficient (Wildman–Crippen LogP) is 3.67. The SMILES string of the molecule is Cc1nnc(Sc2cccc(Cl)c2CNCC(C)C)n1C. The molecular formula is C15H21ClN4S. The Bertz CT molecular complexity index is 610. The topological polar surface area (TPSA) is 42.7 Å². The number of nitrogens with one attached hydrogen (secondary N) is 1. The molecule has 0 radical (unpaired) electrons. The Morgan fingerprint density at radius 2 is 2.10 bits per heavy atom. The van der Waals surface area contributed by atoms with Crippen molar-refractivity contribution in [1.29, 1.82) is 0 Å². The quantitative estimate of drug-likeness (QED) is 0.880. The Labute approximate surface area is 135 Å². The van der Waals surface area contributed by atoms with Gasteiger partial charge in [-0.2, -0.15) is 0 Å².